The molecule has 13 nitrogen and oxygen atoms in total. The van der Waals surface area contributed by atoms with Crippen molar-refractivity contribution in [3.8, 4) is 5.75 Å². The summed E-state index contributed by atoms with van der Waals surface area (Å²) in [6.07, 6.45) is 6.06. The number of aryl methyl sites for hydroxylation is 1. The Kier molecular flexibility index (Phi) is 7.75. The van der Waals surface area contributed by atoms with E-state index in [1.165, 1.54) is 18.7 Å². The summed E-state index contributed by atoms with van der Waals surface area (Å²) < 4.78 is 32.7. The molecule has 0 aliphatic carbocycles. The van der Waals surface area contributed by atoms with E-state index in [-0.39, 0.29) is 22.4 Å². The van der Waals surface area contributed by atoms with Gasteiger partial charge in [0.1, 0.15) is 22.8 Å². The van der Waals surface area contributed by atoms with Gasteiger partial charge in [0.15, 0.2) is 15.7 Å². The van der Waals surface area contributed by atoms with E-state index in [0.717, 1.165) is 29.8 Å². The zero-order valence-corrected chi connectivity index (χ0v) is 25.0. The van der Waals surface area contributed by atoms with E-state index in [9.17, 15) is 13.2 Å². The number of carboxylic acid groups (broad SMARTS) is 1. The molecule has 0 atom stereocenters. The highest BCUT2D eigenvalue weighted by Gasteiger charge is 2.35. The fraction of sp³-hybridized carbons (Fsp3) is 0.429. The van der Waals surface area contributed by atoms with E-state index in [2.05, 4.69) is 40.3 Å². The first kappa shape index (κ1) is 29.2. The number of anilines is 3. The van der Waals surface area contributed by atoms with Crippen molar-refractivity contribution in [1.29, 1.82) is 0 Å². The van der Waals surface area contributed by atoms with Gasteiger partial charge >= 0.3 is 5.97 Å². The monoisotopic (exact) mass is 594 g/mol. The van der Waals surface area contributed by atoms with Gasteiger partial charge in [-0.1, -0.05) is 0 Å². The lowest BCUT2D eigenvalue weighted by molar-refractivity contribution is 0.0683. The number of carbonyl (C=O) groups is 1. The predicted octanol–water partition coefficient (Wildman–Crippen LogP) is 4.07. The summed E-state index contributed by atoms with van der Waals surface area (Å²) >= 11 is 0. The van der Waals surface area contributed by atoms with Crippen molar-refractivity contribution in [2.24, 2.45) is 5.92 Å². The van der Waals surface area contributed by atoms with Gasteiger partial charge in [-0.3, -0.25) is 5.10 Å². The topological polar surface area (TPSA) is 176 Å². The standard InChI is InChI=1S/C28H34N8O5S/c1-16-17(2)34-35-24(16)33-25-20-10-23(42(39,40)28(3,4)5)22(11-21(20)31-15-32-25)41-14-18-6-8-36(9-7-18)19-12-29-26(27(37)38)30-13-19/h10-13,15,18H,6-9,14H2,1-5H3,(H,37,38)(H2,31,32,33,34,35). The second-order valence-corrected chi connectivity index (χ2v) is 14.1. The molecule has 42 heavy (non-hydrogen) atoms. The third kappa shape index (κ3) is 5.71. The summed E-state index contributed by atoms with van der Waals surface area (Å²) in [5.41, 5.74) is 3.15. The van der Waals surface area contributed by atoms with Gasteiger partial charge in [0.25, 0.3) is 0 Å². The van der Waals surface area contributed by atoms with E-state index in [1.54, 1.807) is 32.9 Å². The van der Waals surface area contributed by atoms with E-state index < -0.39 is 20.6 Å². The molecular weight excluding hydrogens is 560 g/mol. The maximum Gasteiger partial charge on any atom is 0.373 e. The molecule has 0 spiro atoms. The maximum atomic E-state index is 13.7. The van der Waals surface area contributed by atoms with E-state index in [1.807, 2.05) is 13.8 Å². The molecule has 0 unspecified atom stereocenters. The number of aromatic carboxylic acids is 1. The molecule has 0 bridgehead atoms. The third-order valence-corrected chi connectivity index (χ3v) is 10.1. The number of fused-ring (bicyclic) bond motifs is 1. The number of aromatic nitrogens is 6. The van der Waals surface area contributed by atoms with E-state index in [0.29, 0.717) is 42.2 Å². The van der Waals surface area contributed by atoms with Crippen LogP contribution in [-0.4, -0.2) is 74.1 Å². The number of nitrogens with zero attached hydrogens (tertiary/aromatic N) is 6. The Morgan fingerprint density at radius 2 is 1.79 bits per heavy atom. The molecule has 222 valence electrons. The normalized spacial score (nSPS) is 14.7. The van der Waals surface area contributed by atoms with Crippen LogP contribution in [0, 0.1) is 19.8 Å². The van der Waals surface area contributed by atoms with Gasteiger partial charge in [-0.25, -0.2) is 33.1 Å². The SMILES string of the molecule is Cc1[nH]nc(Nc2ncnc3cc(OCC4CCN(c5cnc(C(=O)O)nc5)CC4)c(S(=O)(=O)C(C)(C)C)cc23)c1C. The van der Waals surface area contributed by atoms with Gasteiger partial charge in [-0.2, -0.15) is 5.10 Å². The third-order valence-electron chi connectivity index (χ3n) is 7.57. The first-order chi connectivity index (χ1) is 19.8. The number of nitrogens with one attached hydrogen (secondary N) is 2. The molecule has 4 aromatic rings. The largest absolute Gasteiger partial charge is 0.492 e. The second kappa shape index (κ2) is 11.2. The summed E-state index contributed by atoms with van der Waals surface area (Å²) in [6, 6.07) is 3.26. The number of H-pyrrole nitrogens is 1. The molecule has 0 amide bonds. The Morgan fingerprint density at radius 1 is 1.10 bits per heavy atom. The van der Waals surface area contributed by atoms with E-state index in [4.69, 9.17) is 9.84 Å². The van der Waals surface area contributed by atoms with Crippen molar-refractivity contribution in [3.63, 3.8) is 0 Å². The minimum Gasteiger partial charge on any atom is -0.492 e. The van der Waals surface area contributed by atoms with Crippen molar-refractivity contribution >= 4 is 44.0 Å². The summed E-state index contributed by atoms with van der Waals surface area (Å²) in [7, 11) is -3.79. The average molecular weight is 595 g/mol. The molecule has 0 saturated carbocycles. The molecule has 5 rings (SSSR count). The number of benzene rings is 1. The minimum atomic E-state index is -3.79. The van der Waals surface area contributed by atoms with Crippen LogP contribution in [0.4, 0.5) is 17.3 Å². The summed E-state index contributed by atoms with van der Waals surface area (Å²) in [5.74, 6) is 0.0885. The number of sulfone groups is 1. The molecule has 3 aromatic heterocycles. The number of ether oxygens (including phenoxy) is 1. The number of hydrogen-bond acceptors (Lipinski definition) is 11. The Hall–Kier alpha value is -4.33. The minimum absolute atomic E-state index is 0.0865. The van der Waals surface area contributed by atoms with Crippen LogP contribution < -0.4 is 15.0 Å². The Labute approximate surface area is 243 Å². The smallest absolute Gasteiger partial charge is 0.373 e. The summed E-state index contributed by atoms with van der Waals surface area (Å²) in [6.45, 7) is 10.6. The van der Waals surface area contributed by atoms with Gasteiger partial charge in [0, 0.05) is 35.8 Å². The fourth-order valence-corrected chi connectivity index (χ4v) is 6.01. The van der Waals surface area contributed by atoms with Crippen molar-refractivity contribution in [1.82, 2.24) is 30.1 Å². The predicted molar refractivity (Wildman–Crippen MR) is 157 cm³/mol. The number of hydrogen-bond donors (Lipinski definition) is 3. The quantitative estimate of drug-likeness (QED) is 0.267. The lowest BCUT2D eigenvalue weighted by Crippen LogP contribution is -2.36. The molecule has 0 radical (unpaired) electrons. The van der Waals surface area contributed by atoms with Crippen LogP contribution in [0.15, 0.2) is 35.7 Å². The molecule has 1 fully saturated rings. The molecule has 1 aliphatic heterocycles. The summed E-state index contributed by atoms with van der Waals surface area (Å²) in [4.78, 5) is 29.8. The molecule has 4 heterocycles. The highest BCUT2D eigenvalue weighted by Crippen LogP contribution is 2.38. The van der Waals surface area contributed by atoms with Gasteiger partial charge in [0.2, 0.25) is 5.82 Å². The van der Waals surface area contributed by atoms with Crippen LogP contribution in [0.2, 0.25) is 0 Å². The van der Waals surface area contributed by atoms with Crippen LogP contribution in [0.1, 0.15) is 55.5 Å². The molecular formula is C28H34N8O5S. The van der Waals surface area contributed by atoms with Crippen LogP contribution >= 0.6 is 0 Å². The van der Waals surface area contributed by atoms with Crippen LogP contribution in [0.3, 0.4) is 0 Å². The van der Waals surface area contributed by atoms with Crippen molar-refractivity contribution in [3.05, 3.63) is 47.9 Å². The first-order valence-electron chi connectivity index (χ1n) is 13.6. The van der Waals surface area contributed by atoms with Gasteiger partial charge in [0.05, 0.1) is 35.0 Å². The number of aromatic amines is 1. The van der Waals surface area contributed by atoms with Gasteiger partial charge < -0.3 is 20.1 Å². The fourth-order valence-electron chi connectivity index (χ4n) is 4.70. The number of rotatable bonds is 8. The maximum absolute atomic E-state index is 13.7. The molecule has 1 aromatic carbocycles. The number of carboxylic acids is 1. The average Bonchev–Trinajstić information content (AvgIpc) is 3.27. The van der Waals surface area contributed by atoms with E-state index >= 15 is 0 Å². The van der Waals surface area contributed by atoms with Crippen LogP contribution in [0.5, 0.6) is 5.75 Å². The zero-order chi connectivity index (χ0) is 30.2. The van der Waals surface area contributed by atoms with Crippen molar-refractivity contribution in [2.45, 2.75) is 57.1 Å². The first-order valence-corrected chi connectivity index (χ1v) is 15.1. The highest BCUT2D eigenvalue weighted by molar-refractivity contribution is 7.92. The van der Waals surface area contributed by atoms with Crippen LogP contribution in [0.25, 0.3) is 10.9 Å². The lowest BCUT2D eigenvalue weighted by atomic mass is 9.97. The zero-order valence-electron chi connectivity index (χ0n) is 24.2. The van der Waals surface area contributed by atoms with Crippen LogP contribution in [-0.2, 0) is 9.84 Å². The lowest BCUT2D eigenvalue weighted by Gasteiger charge is -2.33. The summed E-state index contributed by atoms with van der Waals surface area (Å²) in [5, 5.41) is 20.0. The molecule has 1 saturated heterocycles. The highest BCUT2D eigenvalue weighted by atomic mass is 32.2. The Morgan fingerprint density at radius 3 is 2.38 bits per heavy atom. The molecule has 3 N–H and O–H groups in total. The van der Waals surface area contributed by atoms with Crippen molar-refractivity contribution < 1.29 is 23.1 Å². The van der Waals surface area contributed by atoms with Gasteiger partial charge in [-0.15, -0.1) is 0 Å². The Balaban J connectivity index is 1.38. The van der Waals surface area contributed by atoms with Gasteiger partial charge in [-0.05, 0) is 59.4 Å². The molecule has 1 aliphatic rings. The molecule has 14 heteroatoms. The van der Waals surface area contributed by atoms with Crippen molar-refractivity contribution in [2.75, 3.05) is 29.9 Å². The second-order valence-electron chi connectivity index (χ2n) is 11.4. The number of piperidine rings is 1. The Bertz CT molecular complexity index is 1720.